The third kappa shape index (κ3) is 1.58. The van der Waals surface area contributed by atoms with Gasteiger partial charge in [-0.25, -0.2) is 4.79 Å². The Morgan fingerprint density at radius 3 is 2.80 bits per heavy atom. The molecule has 1 aliphatic rings. The van der Waals surface area contributed by atoms with Crippen LogP contribution < -0.4 is 5.32 Å². The molecule has 0 saturated carbocycles. The van der Waals surface area contributed by atoms with E-state index in [4.69, 9.17) is 4.74 Å². The summed E-state index contributed by atoms with van der Waals surface area (Å²) in [6.45, 7) is 7.37. The van der Waals surface area contributed by atoms with Crippen LogP contribution in [0.1, 0.15) is 30.0 Å². The van der Waals surface area contributed by atoms with Crippen LogP contribution in [0.3, 0.4) is 0 Å². The molecule has 1 aromatic rings. The number of hydrogen-bond donors (Lipinski definition) is 1. The molecule has 1 fully saturated rings. The van der Waals surface area contributed by atoms with Crippen molar-refractivity contribution in [3.63, 3.8) is 0 Å². The fraction of sp³-hybridized carbons (Fsp3) is 0.600. The molecule has 0 spiro atoms. The fourth-order valence-electron chi connectivity index (χ4n) is 2.03. The van der Waals surface area contributed by atoms with Crippen LogP contribution in [0.4, 0.5) is 4.79 Å². The third-order valence-electron chi connectivity index (χ3n) is 2.74. The Morgan fingerprint density at radius 2 is 2.33 bits per heavy atom. The van der Waals surface area contributed by atoms with Gasteiger partial charge in [0, 0.05) is 17.8 Å². The Kier molecular flexibility index (Phi) is 2.38. The topological polar surface area (TPSA) is 56.2 Å². The number of amides is 1. The van der Waals surface area contributed by atoms with E-state index in [1.54, 1.807) is 0 Å². The maximum Gasteiger partial charge on any atom is 0.407 e. The van der Waals surface area contributed by atoms with E-state index in [1.807, 2.05) is 25.5 Å². The molecule has 1 amide bonds. The average Bonchev–Trinajstić information content (AvgIpc) is 2.71. The lowest BCUT2D eigenvalue weighted by atomic mass is 10.1. The summed E-state index contributed by atoms with van der Waals surface area (Å²) in [5.41, 5.74) is 3.06. The molecule has 15 heavy (non-hydrogen) atoms. The van der Waals surface area contributed by atoms with Crippen LogP contribution in [0, 0.1) is 13.8 Å². The second-order valence-corrected chi connectivity index (χ2v) is 3.68. The molecule has 5 heteroatoms. The SMILES string of the molecule is CCn1nc(C)c(C2CNC(=O)O2)c1C. The van der Waals surface area contributed by atoms with E-state index in [2.05, 4.69) is 10.4 Å². The molecule has 1 saturated heterocycles. The van der Waals surface area contributed by atoms with Crippen LogP contribution in [-0.4, -0.2) is 22.4 Å². The van der Waals surface area contributed by atoms with Gasteiger partial charge in [0.15, 0.2) is 0 Å². The Balaban J connectivity index is 2.35. The average molecular weight is 209 g/mol. The predicted octanol–water partition coefficient (Wildman–Crippen LogP) is 1.30. The molecule has 0 bridgehead atoms. The maximum atomic E-state index is 11.0. The summed E-state index contributed by atoms with van der Waals surface area (Å²) in [4.78, 5) is 11.0. The second kappa shape index (κ2) is 3.56. The molecule has 1 N–H and O–H groups in total. The van der Waals surface area contributed by atoms with Gasteiger partial charge in [-0.3, -0.25) is 4.68 Å². The van der Waals surface area contributed by atoms with E-state index in [0.29, 0.717) is 6.54 Å². The normalized spacial score (nSPS) is 20.2. The Hall–Kier alpha value is -1.52. The molecule has 1 aliphatic heterocycles. The monoisotopic (exact) mass is 209 g/mol. The van der Waals surface area contributed by atoms with Gasteiger partial charge < -0.3 is 10.1 Å². The summed E-state index contributed by atoms with van der Waals surface area (Å²) in [5, 5.41) is 7.05. The van der Waals surface area contributed by atoms with Crippen molar-refractivity contribution in [2.75, 3.05) is 6.54 Å². The van der Waals surface area contributed by atoms with E-state index < -0.39 is 0 Å². The number of rotatable bonds is 2. The van der Waals surface area contributed by atoms with Crippen LogP contribution in [0.15, 0.2) is 0 Å². The second-order valence-electron chi connectivity index (χ2n) is 3.68. The van der Waals surface area contributed by atoms with Gasteiger partial charge in [0.2, 0.25) is 0 Å². The first-order valence-corrected chi connectivity index (χ1v) is 5.11. The highest BCUT2D eigenvalue weighted by Gasteiger charge is 2.29. The quantitative estimate of drug-likeness (QED) is 0.798. The summed E-state index contributed by atoms with van der Waals surface area (Å²) in [6.07, 6.45) is -0.527. The van der Waals surface area contributed by atoms with Gasteiger partial charge in [-0.05, 0) is 20.8 Å². The lowest BCUT2D eigenvalue weighted by molar-refractivity contribution is 0.140. The highest BCUT2D eigenvalue weighted by Crippen LogP contribution is 2.26. The number of aromatic nitrogens is 2. The Bertz CT molecular complexity index is 398. The number of alkyl carbamates (subject to hydrolysis) is 1. The van der Waals surface area contributed by atoms with Gasteiger partial charge in [0.1, 0.15) is 6.10 Å². The number of ether oxygens (including phenoxy) is 1. The molecule has 5 nitrogen and oxygen atoms in total. The maximum absolute atomic E-state index is 11.0. The number of carbonyl (C=O) groups excluding carboxylic acids is 1. The Morgan fingerprint density at radius 1 is 1.60 bits per heavy atom. The zero-order valence-electron chi connectivity index (χ0n) is 9.20. The molecule has 1 atom stereocenters. The molecule has 82 valence electrons. The van der Waals surface area contributed by atoms with E-state index in [9.17, 15) is 4.79 Å². The van der Waals surface area contributed by atoms with Crippen LogP contribution in [0.2, 0.25) is 0 Å². The molecule has 2 rings (SSSR count). The van der Waals surface area contributed by atoms with Crippen LogP contribution in [0.25, 0.3) is 0 Å². The first-order valence-electron chi connectivity index (χ1n) is 5.11. The van der Waals surface area contributed by atoms with Gasteiger partial charge in [-0.1, -0.05) is 0 Å². The molecular weight excluding hydrogens is 194 g/mol. The van der Waals surface area contributed by atoms with Gasteiger partial charge >= 0.3 is 6.09 Å². The van der Waals surface area contributed by atoms with E-state index in [0.717, 1.165) is 23.5 Å². The minimum Gasteiger partial charge on any atom is -0.439 e. The molecule has 0 aromatic carbocycles. The summed E-state index contributed by atoms with van der Waals surface area (Å²) in [5.74, 6) is 0. The minimum atomic E-state index is -0.344. The fourth-order valence-corrected chi connectivity index (χ4v) is 2.03. The van der Waals surface area contributed by atoms with Crippen molar-refractivity contribution in [2.24, 2.45) is 0 Å². The van der Waals surface area contributed by atoms with Crippen LogP contribution in [0.5, 0.6) is 0 Å². The highest BCUT2D eigenvalue weighted by molar-refractivity contribution is 5.69. The first kappa shape index (κ1) is 10.0. The van der Waals surface area contributed by atoms with Gasteiger partial charge in [0.25, 0.3) is 0 Å². The molecule has 1 aromatic heterocycles. The summed E-state index contributed by atoms with van der Waals surface area (Å²) >= 11 is 0. The first-order chi connectivity index (χ1) is 7.13. The number of cyclic esters (lactones) is 1. The van der Waals surface area contributed by atoms with Crippen molar-refractivity contribution >= 4 is 6.09 Å². The number of carbonyl (C=O) groups is 1. The highest BCUT2D eigenvalue weighted by atomic mass is 16.6. The number of nitrogens with zero attached hydrogens (tertiary/aromatic N) is 2. The van der Waals surface area contributed by atoms with Gasteiger partial charge in [0.05, 0.1) is 12.2 Å². The summed E-state index contributed by atoms with van der Waals surface area (Å²) in [7, 11) is 0. The standard InChI is InChI=1S/C10H15N3O2/c1-4-13-7(3)9(6(2)12-13)8-5-11-10(14)15-8/h8H,4-5H2,1-3H3,(H,11,14). The van der Waals surface area contributed by atoms with E-state index >= 15 is 0 Å². The van der Waals surface area contributed by atoms with Crippen LogP contribution in [-0.2, 0) is 11.3 Å². The van der Waals surface area contributed by atoms with Crippen molar-refractivity contribution in [1.29, 1.82) is 0 Å². The number of aryl methyl sites for hydroxylation is 2. The smallest absolute Gasteiger partial charge is 0.407 e. The number of hydrogen-bond acceptors (Lipinski definition) is 3. The summed E-state index contributed by atoms with van der Waals surface area (Å²) < 4.78 is 7.09. The lowest BCUT2D eigenvalue weighted by Gasteiger charge is -2.08. The number of nitrogens with one attached hydrogen (secondary N) is 1. The molecular formula is C10H15N3O2. The van der Waals surface area contributed by atoms with Gasteiger partial charge in [-0.15, -0.1) is 0 Å². The minimum absolute atomic E-state index is 0.183. The molecule has 0 radical (unpaired) electrons. The predicted molar refractivity (Wildman–Crippen MR) is 54.6 cm³/mol. The zero-order valence-corrected chi connectivity index (χ0v) is 9.20. The summed E-state index contributed by atoms with van der Waals surface area (Å²) in [6, 6.07) is 0. The van der Waals surface area contributed by atoms with Crippen molar-refractivity contribution in [1.82, 2.24) is 15.1 Å². The van der Waals surface area contributed by atoms with E-state index in [-0.39, 0.29) is 12.2 Å². The van der Waals surface area contributed by atoms with E-state index in [1.165, 1.54) is 0 Å². The van der Waals surface area contributed by atoms with Crippen molar-refractivity contribution in [3.05, 3.63) is 17.0 Å². The van der Waals surface area contributed by atoms with Crippen LogP contribution >= 0.6 is 0 Å². The zero-order chi connectivity index (χ0) is 11.0. The Labute approximate surface area is 88.4 Å². The van der Waals surface area contributed by atoms with Crippen molar-refractivity contribution < 1.29 is 9.53 Å². The van der Waals surface area contributed by atoms with Crippen molar-refractivity contribution in [3.8, 4) is 0 Å². The molecule has 2 heterocycles. The lowest BCUT2D eigenvalue weighted by Crippen LogP contribution is -2.12. The largest absolute Gasteiger partial charge is 0.439 e. The third-order valence-corrected chi connectivity index (χ3v) is 2.74. The molecule has 0 aliphatic carbocycles. The van der Waals surface area contributed by atoms with Gasteiger partial charge in [-0.2, -0.15) is 5.10 Å². The van der Waals surface area contributed by atoms with Crippen molar-refractivity contribution in [2.45, 2.75) is 33.4 Å². The molecule has 1 unspecified atom stereocenters.